The van der Waals surface area contributed by atoms with E-state index in [0.29, 0.717) is 36.4 Å². The molecule has 0 spiro atoms. The fourth-order valence-corrected chi connectivity index (χ4v) is 3.01. The standard InChI is InChI=1S/C17H22N4O3/c1-12(2)24-14-7-4-3-6-13(14)16(22)21-9-5-8-17(23,11-21)15-10-18-20-19-15/h3-4,6-7,10,12,23H,5,8-9,11H2,1-2H3,(H,18,19,20)/t17-/m1/s1. The van der Waals surface area contributed by atoms with Gasteiger partial charge in [-0.3, -0.25) is 4.79 Å². The highest BCUT2D eigenvalue weighted by atomic mass is 16.5. The molecule has 1 amide bonds. The summed E-state index contributed by atoms with van der Waals surface area (Å²) in [6, 6.07) is 7.20. The number of β-amino-alcohol motifs (C(OH)–C–C–N with tert-alkyl or cyclic N) is 1. The minimum Gasteiger partial charge on any atom is -0.490 e. The lowest BCUT2D eigenvalue weighted by molar-refractivity contribution is -0.0321. The Balaban J connectivity index is 1.83. The summed E-state index contributed by atoms with van der Waals surface area (Å²) in [6.45, 7) is 4.63. The molecular formula is C17H22N4O3. The second-order valence-electron chi connectivity index (χ2n) is 6.38. The first kappa shape index (κ1) is 16.4. The largest absolute Gasteiger partial charge is 0.490 e. The van der Waals surface area contributed by atoms with Gasteiger partial charge in [-0.2, -0.15) is 15.4 Å². The van der Waals surface area contributed by atoms with Crippen LogP contribution in [-0.4, -0.2) is 50.5 Å². The van der Waals surface area contributed by atoms with Crippen LogP contribution in [-0.2, 0) is 5.60 Å². The maximum Gasteiger partial charge on any atom is 0.257 e. The lowest BCUT2D eigenvalue weighted by atomic mass is 9.89. The van der Waals surface area contributed by atoms with Crippen molar-refractivity contribution in [2.24, 2.45) is 0 Å². The van der Waals surface area contributed by atoms with E-state index in [9.17, 15) is 9.90 Å². The number of carbonyl (C=O) groups is 1. The molecule has 1 aliphatic heterocycles. The number of piperidine rings is 1. The van der Waals surface area contributed by atoms with Crippen LogP contribution >= 0.6 is 0 Å². The summed E-state index contributed by atoms with van der Waals surface area (Å²) in [7, 11) is 0. The third kappa shape index (κ3) is 3.26. The average Bonchev–Trinajstić information content (AvgIpc) is 3.10. The Hall–Kier alpha value is -2.41. The number of ether oxygens (including phenoxy) is 1. The number of likely N-dealkylation sites (tertiary alicyclic amines) is 1. The number of nitrogens with zero attached hydrogens (tertiary/aromatic N) is 3. The number of aliphatic hydroxyl groups is 1. The Bertz CT molecular complexity index is 702. The second kappa shape index (κ2) is 6.60. The fourth-order valence-electron chi connectivity index (χ4n) is 3.01. The van der Waals surface area contributed by atoms with Gasteiger partial charge in [0.1, 0.15) is 17.0 Å². The van der Waals surface area contributed by atoms with Crippen molar-refractivity contribution < 1.29 is 14.6 Å². The van der Waals surface area contributed by atoms with E-state index in [1.165, 1.54) is 6.20 Å². The Kier molecular flexibility index (Phi) is 4.53. The minimum absolute atomic E-state index is 0.0210. The van der Waals surface area contributed by atoms with Crippen molar-refractivity contribution in [2.75, 3.05) is 13.1 Å². The second-order valence-corrected chi connectivity index (χ2v) is 6.38. The van der Waals surface area contributed by atoms with Crippen LogP contribution in [0.25, 0.3) is 0 Å². The van der Waals surface area contributed by atoms with E-state index in [0.717, 1.165) is 0 Å². The van der Waals surface area contributed by atoms with E-state index in [1.54, 1.807) is 17.0 Å². The molecule has 1 fully saturated rings. The average molecular weight is 330 g/mol. The maximum atomic E-state index is 13.0. The molecule has 2 N–H and O–H groups in total. The predicted octanol–water partition coefficient (Wildman–Crippen LogP) is 1.72. The molecule has 2 aromatic rings. The molecule has 1 saturated heterocycles. The number of nitrogens with one attached hydrogen (secondary N) is 1. The van der Waals surface area contributed by atoms with E-state index in [2.05, 4.69) is 15.4 Å². The van der Waals surface area contributed by atoms with Crippen LogP contribution in [0.3, 0.4) is 0 Å². The zero-order valence-electron chi connectivity index (χ0n) is 13.9. The molecule has 1 aromatic carbocycles. The first-order chi connectivity index (χ1) is 11.5. The van der Waals surface area contributed by atoms with Crippen LogP contribution in [0.5, 0.6) is 5.75 Å². The molecule has 0 saturated carbocycles. The van der Waals surface area contributed by atoms with Gasteiger partial charge in [0, 0.05) is 6.54 Å². The maximum absolute atomic E-state index is 13.0. The zero-order valence-corrected chi connectivity index (χ0v) is 13.9. The number of H-pyrrole nitrogens is 1. The molecule has 1 aromatic heterocycles. The van der Waals surface area contributed by atoms with Crippen molar-refractivity contribution >= 4 is 5.91 Å². The third-order valence-corrected chi connectivity index (χ3v) is 4.13. The van der Waals surface area contributed by atoms with Gasteiger partial charge in [-0.1, -0.05) is 12.1 Å². The highest BCUT2D eigenvalue weighted by molar-refractivity contribution is 5.97. The van der Waals surface area contributed by atoms with E-state index in [4.69, 9.17) is 4.74 Å². The van der Waals surface area contributed by atoms with Gasteiger partial charge in [-0.15, -0.1) is 0 Å². The van der Waals surface area contributed by atoms with E-state index in [-0.39, 0.29) is 18.6 Å². The number of aromatic amines is 1. The number of para-hydroxylation sites is 1. The van der Waals surface area contributed by atoms with Crippen LogP contribution in [0, 0.1) is 0 Å². The van der Waals surface area contributed by atoms with E-state index < -0.39 is 5.60 Å². The van der Waals surface area contributed by atoms with Crippen molar-refractivity contribution in [3.63, 3.8) is 0 Å². The zero-order chi connectivity index (χ0) is 17.2. The molecule has 7 nitrogen and oxygen atoms in total. The number of hydrogen-bond donors (Lipinski definition) is 2. The van der Waals surface area contributed by atoms with Gasteiger partial charge in [-0.25, -0.2) is 0 Å². The van der Waals surface area contributed by atoms with Crippen LogP contribution in [0.1, 0.15) is 42.7 Å². The number of hydrogen-bond acceptors (Lipinski definition) is 5. The number of benzene rings is 1. The van der Waals surface area contributed by atoms with Crippen LogP contribution in [0.4, 0.5) is 0 Å². The summed E-state index contributed by atoms with van der Waals surface area (Å²) in [4.78, 5) is 14.6. The first-order valence-electron chi connectivity index (χ1n) is 8.13. The molecule has 24 heavy (non-hydrogen) atoms. The van der Waals surface area contributed by atoms with Crippen molar-refractivity contribution in [1.29, 1.82) is 0 Å². The molecule has 0 aliphatic carbocycles. The van der Waals surface area contributed by atoms with Crippen molar-refractivity contribution in [1.82, 2.24) is 20.3 Å². The van der Waals surface area contributed by atoms with Gasteiger partial charge in [0.25, 0.3) is 5.91 Å². The summed E-state index contributed by atoms with van der Waals surface area (Å²) in [5.41, 5.74) is -0.197. The normalized spacial score (nSPS) is 21.1. The van der Waals surface area contributed by atoms with Crippen LogP contribution in [0.15, 0.2) is 30.5 Å². The van der Waals surface area contributed by atoms with Crippen molar-refractivity contribution in [3.8, 4) is 5.75 Å². The summed E-state index contributed by atoms with van der Waals surface area (Å²) in [5, 5.41) is 21.1. The molecule has 1 aliphatic rings. The monoisotopic (exact) mass is 330 g/mol. The molecule has 1 atom stereocenters. The highest BCUT2D eigenvalue weighted by Gasteiger charge is 2.39. The lowest BCUT2D eigenvalue weighted by Crippen LogP contribution is -2.48. The van der Waals surface area contributed by atoms with Gasteiger partial charge in [-0.05, 0) is 38.8 Å². The molecular weight excluding hydrogens is 308 g/mol. The molecule has 0 unspecified atom stereocenters. The number of rotatable bonds is 4. The highest BCUT2D eigenvalue weighted by Crippen LogP contribution is 2.31. The van der Waals surface area contributed by atoms with Crippen LogP contribution < -0.4 is 4.74 Å². The van der Waals surface area contributed by atoms with Crippen molar-refractivity contribution in [2.45, 2.75) is 38.4 Å². The summed E-state index contributed by atoms with van der Waals surface area (Å²) in [5.74, 6) is 0.418. The third-order valence-electron chi connectivity index (χ3n) is 4.13. The molecule has 7 heteroatoms. The number of aromatic nitrogens is 3. The van der Waals surface area contributed by atoms with E-state index >= 15 is 0 Å². The van der Waals surface area contributed by atoms with Crippen molar-refractivity contribution in [3.05, 3.63) is 41.7 Å². The molecule has 128 valence electrons. The summed E-state index contributed by atoms with van der Waals surface area (Å²) >= 11 is 0. The van der Waals surface area contributed by atoms with Gasteiger partial charge < -0.3 is 14.7 Å². The minimum atomic E-state index is -1.17. The Labute approximate surface area is 140 Å². The summed E-state index contributed by atoms with van der Waals surface area (Å²) in [6.07, 6.45) is 2.73. The topological polar surface area (TPSA) is 91.3 Å². The number of carbonyl (C=O) groups excluding carboxylic acids is 1. The first-order valence-corrected chi connectivity index (χ1v) is 8.13. The molecule has 2 heterocycles. The Morgan fingerprint density at radius 3 is 2.92 bits per heavy atom. The quantitative estimate of drug-likeness (QED) is 0.890. The smallest absolute Gasteiger partial charge is 0.257 e. The predicted molar refractivity (Wildman–Crippen MR) is 87.6 cm³/mol. The molecule has 0 bridgehead atoms. The lowest BCUT2D eigenvalue weighted by Gasteiger charge is -2.38. The summed E-state index contributed by atoms with van der Waals surface area (Å²) < 4.78 is 5.74. The van der Waals surface area contributed by atoms with Gasteiger partial charge in [0.05, 0.1) is 24.4 Å². The van der Waals surface area contributed by atoms with Gasteiger partial charge >= 0.3 is 0 Å². The fraction of sp³-hybridized carbons (Fsp3) is 0.471. The molecule has 3 rings (SSSR count). The van der Waals surface area contributed by atoms with Crippen LogP contribution in [0.2, 0.25) is 0 Å². The van der Waals surface area contributed by atoms with E-state index in [1.807, 2.05) is 26.0 Å². The number of amides is 1. The Morgan fingerprint density at radius 1 is 1.42 bits per heavy atom. The SMILES string of the molecule is CC(C)Oc1ccccc1C(=O)N1CCC[C@](O)(c2cn[nH]n2)C1. The van der Waals surface area contributed by atoms with Gasteiger partial charge in [0.15, 0.2) is 0 Å². The Morgan fingerprint density at radius 2 is 2.21 bits per heavy atom. The van der Waals surface area contributed by atoms with Gasteiger partial charge in [0.2, 0.25) is 0 Å². The molecule has 0 radical (unpaired) electrons.